The van der Waals surface area contributed by atoms with Crippen molar-refractivity contribution in [3.8, 4) is 0 Å². The molecule has 1 nitrogen and oxygen atoms in total. The van der Waals surface area contributed by atoms with Crippen LogP contribution in [0.3, 0.4) is 0 Å². The minimum absolute atomic E-state index is 1.13. The van der Waals surface area contributed by atoms with Crippen LogP contribution in [-0.4, -0.2) is 13.1 Å². The summed E-state index contributed by atoms with van der Waals surface area (Å²) in [7, 11) is 0. The Labute approximate surface area is 64.5 Å². The molecule has 0 aliphatic carbocycles. The van der Waals surface area contributed by atoms with Crippen molar-refractivity contribution in [2.24, 2.45) is 0 Å². The largest absolute Gasteiger partial charge is 0.313 e. The van der Waals surface area contributed by atoms with Gasteiger partial charge in [0, 0.05) is 6.54 Å². The highest BCUT2D eigenvalue weighted by molar-refractivity contribution is 5.14. The van der Waals surface area contributed by atoms with E-state index in [1.807, 2.05) is 13.8 Å². The molecular weight excluding hydrogens is 122 g/mol. The maximum absolute atomic E-state index is 3.30. The fraction of sp³-hybridized carbons (Fsp3) is 0.778. The third-order valence-corrected chi connectivity index (χ3v) is 1.65. The Bertz CT molecular complexity index is 102. The molecule has 1 N–H and O–H groups in total. The van der Waals surface area contributed by atoms with Gasteiger partial charge in [-0.15, -0.1) is 0 Å². The topological polar surface area (TPSA) is 12.0 Å². The van der Waals surface area contributed by atoms with Crippen LogP contribution in [0.25, 0.3) is 0 Å². The van der Waals surface area contributed by atoms with Crippen LogP contribution in [-0.2, 0) is 0 Å². The van der Waals surface area contributed by atoms with Crippen LogP contribution in [0.15, 0.2) is 11.1 Å². The first-order valence-corrected chi connectivity index (χ1v) is 4.16. The predicted molar refractivity (Wildman–Crippen MR) is 47.2 cm³/mol. The third-order valence-electron chi connectivity index (χ3n) is 1.65. The maximum Gasteiger partial charge on any atom is 0.0167 e. The summed E-state index contributed by atoms with van der Waals surface area (Å²) < 4.78 is 0. The third kappa shape index (κ3) is 3.02. The fourth-order valence-electron chi connectivity index (χ4n) is 0.994. The van der Waals surface area contributed by atoms with E-state index >= 15 is 0 Å². The van der Waals surface area contributed by atoms with E-state index in [4.69, 9.17) is 0 Å². The lowest BCUT2D eigenvalue weighted by Gasteiger charge is -1.94. The van der Waals surface area contributed by atoms with Gasteiger partial charge in [-0.25, -0.2) is 0 Å². The molecule has 0 unspecified atom stereocenters. The lowest BCUT2D eigenvalue weighted by atomic mass is 10.1. The summed E-state index contributed by atoms with van der Waals surface area (Å²) in [5.41, 5.74) is 3.10. The van der Waals surface area contributed by atoms with Crippen LogP contribution in [0.4, 0.5) is 0 Å². The zero-order valence-corrected chi connectivity index (χ0v) is 7.62. The summed E-state index contributed by atoms with van der Waals surface area (Å²) >= 11 is 0. The Morgan fingerprint density at radius 3 is 2.10 bits per heavy atom. The van der Waals surface area contributed by atoms with Gasteiger partial charge in [0.25, 0.3) is 0 Å². The fourth-order valence-corrected chi connectivity index (χ4v) is 0.994. The molecule has 0 radical (unpaired) electrons. The van der Waals surface area contributed by atoms with Gasteiger partial charge in [0.05, 0.1) is 0 Å². The van der Waals surface area contributed by atoms with Crippen molar-refractivity contribution in [3.63, 3.8) is 0 Å². The molecule has 0 saturated carbocycles. The summed E-state index contributed by atoms with van der Waals surface area (Å²) in [6.07, 6.45) is 1.27. The minimum Gasteiger partial charge on any atom is -0.313 e. The average molecular weight is 141 g/mol. The second kappa shape index (κ2) is 5.48. The molecule has 0 aromatic rings. The number of nitrogens with one attached hydrogen (secondary N) is 1. The van der Waals surface area contributed by atoms with Gasteiger partial charge in [-0.2, -0.15) is 0 Å². The summed E-state index contributed by atoms with van der Waals surface area (Å²) in [5, 5.41) is 3.30. The molecule has 1 aliphatic rings. The van der Waals surface area contributed by atoms with Gasteiger partial charge < -0.3 is 5.32 Å². The molecule has 1 fully saturated rings. The van der Waals surface area contributed by atoms with Crippen LogP contribution in [0.1, 0.15) is 34.1 Å². The Balaban J connectivity index is 0.000000371. The lowest BCUT2D eigenvalue weighted by molar-refractivity contribution is 0.862. The molecular formula is C9H19N. The second-order valence-electron chi connectivity index (χ2n) is 2.53. The Kier molecular flexibility index (Phi) is 5.32. The molecule has 0 spiro atoms. The van der Waals surface area contributed by atoms with Gasteiger partial charge in [0.15, 0.2) is 0 Å². The summed E-state index contributed by atoms with van der Waals surface area (Å²) in [6, 6.07) is 0. The zero-order chi connectivity index (χ0) is 7.98. The van der Waals surface area contributed by atoms with Crippen molar-refractivity contribution in [1.82, 2.24) is 5.32 Å². The number of allylic oxidation sites excluding steroid dienone is 1. The molecule has 0 aromatic carbocycles. The molecule has 1 aliphatic heterocycles. The van der Waals surface area contributed by atoms with Crippen molar-refractivity contribution >= 4 is 0 Å². The molecule has 0 amide bonds. The van der Waals surface area contributed by atoms with E-state index in [0.717, 1.165) is 6.54 Å². The summed E-state index contributed by atoms with van der Waals surface area (Å²) in [4.78, 5) is 0. The minimum atomic E-state index is 1.13. The van der Waals surface area contributed by atoms with Crippen molar-refractivity contribution in [2.45, 2.75) is 34.1 Å². The van der Waals surface area contributed by atoms with Crippen molar-refractivity contribution < 1.29 is 0 Å². The van der Waals surface area contributed by atoms with Gasteiger partial charge in [-0.1, -0.05) is 25.0 Å². The molecule has 0 atom stereocenters. The van der Waals surface area contributed by atoms with Gasteiger partial charge in [-0.05, 0) is 26.8 Å². The first-order chi connectivity index (χ1) is 4.80. The van der Waals surface area contributed by atoms with Crippen molar-refractivity contribution in [1.29, 1.82) is 0 Å². The first kappa shape index (κ1) is 9.70. The predicted octanol–water partition coefficient (Wildman–Crippen LogP) is 2.34. The molecule has 1 rings (SSSR count). The maximum atomic E-state index is 3.30. The Morgan fingerprint density at radius 1 is 1.30 bits per heavy atom. The summed E-state index contributed by atoms with van der Waals surface area (Å²) in [5.74, 6) is 0. The lowest BCUT2D eigenvalue weighted by Crippen LogP contribution is -2.04. The normalized spacial score (nSPS) is 16.2. The van der Waals surface area contributed by atoms with E-state index in [9.17, 15) is 0 Å². The standard InChI is InChI=1S/C7H13N.C2H6/c1-6(2)7-3-4-8-5-7;1-2/h8H,3-5H2,1-2H3;1-2H3. The highest BCUT2D eigenvalue weighted by Crippen LogP contribution is 2.10. The van der Waals surface area contributed by atoms with Gasteiger partial charge in [0.1, 0.15) is 0 Å². The molecule has 10 heavy (non-hydrogen) atoms. The van der Waals surface area contributed by atoms with Gasteiger partial charge in [0.2, 0.25) is 0 Å². The molecule has 1 heteroatoms. The smallest absolute Gasteiger partial charge is 0.0167 e. The van der Waals surface area contributed by atoms with E-state index in [1.165, 1.54) is 18.5 Å². The van der Waals surface area contributed by atoms with Crippen LogP contribution in [0.2, 0.25) is 0 Å². The molecule has 60 valence electrons. The van der Waals surface area contributed by atoms with Crippen LogP contribution < -0.4 is 5.32 Å². The Morgan fingerprint density at radius 2 is 1.90 bits per heavy atom. The number of hydrogen-bond acceptors (Lipinski definition) is 1. The number of hydrogen-bond donors (Lipinski definition) is 1. The van der Waals surface area contributed by atoms with Crippen LogP contribution in [0.5, 0.6) is 0 Å². The SMILES string of the molecule is CC.CC(C)=C1CCNC1. The van der Waals surface area contributed by atoms with Crippen LogP contribution in [0, 0.1) is 0 Å². The first-order valence-electron chi connectivity index (χ1n) is 4.16. The highest BCUT2D eigenvalue weighted by Gasteiger charge is 2.04. The van der Waals surface area contributed by atoms with Gasteiger partial charge >= 0.3 is 0 Å². The van der Waals surface area contributed by atoms with E-state index in [0.29, 0.717) is 0 Å². The molecule has 1 saturated heterocycles. The van der Waals surface area contributed by atoms with Crippen LogP contribution >= 0.6 is 0 Å². The van der Waals surface area contributed by atoms with E-state index in [2.05, 4.69) is 19.2 Å². The zero-order valence-electron chi connectivity index (χ0n) is 7.62. The molecule has 1 heterocycles. The average Bonchev–Trinajstić information content (AvgIpc) is 2.42. The van der Waals surface area contributed by atoms with Crippen molar-refractivity contribution in [2.75, 3.05) is 13.1 Å². The number of rotatable bonds is 0. The monoisotopic (exact) mass is 141 g/mol. The quantitative estimate of drug-likeness (QED) is 0.511. The van der Waals surface area contributed by atoms with Gasteiger partial charge in [-0.3, -0.25) is 0 Å². The highest BCUT2D eigenvalue weighted by atomic mass is 14.9. The van der Waals surface area contributed by atoms with Crippen molar-refractivity contribution in [3.05, 3.63) is 11.1 Å². The molecule has 0 aromatic heterocycles. The van der Waals surface area contributed by atoms with E-state index < -0.39 is 0 Å². The molecule has 0 bridgehead atoms. The van der Waals surface area contributed by atoms with E-state index in [1.54, 1.807) is 5.57 Å². The summed E-state index contributed by atoms with van der Waals surface area (Å²) in [6.45, 7) is 10.7. The Hall–Kier alpha value is -0.300. The second-order valence-corrected chi connectivity index (χ2v) is 2.53. The van der Waals surface area contributed by atoms with E-state index in [-0.39, 0.29) is 0 Å².